The minimum Gasteiger partial charge on any atom is -0.235 e. The van der Waals surface area contributed by atoms with E-state index in [0.717, 1.165) is 11.3 Å². The maximum atomic E-state index is 9.47. The van der Waals surface area contributed by atoms with Crippen molar-refractivity contribution in [2.75, 3.05) is 0 Å². The molecule has 3 rings (SSSR count). The highest BCUT2D eigenvalue weighted by Gasteiger charge is 2.11. The number of rotatable bonds is 3. The Hall–Kier alpha value is -1.83. The highest BCUT2D eigenvalue weighted by molar-refractivity contribution is 7.11. The van der Waals surface area contributed by atoms with Gasteiger partial charge in [0.1, 0.15) is 11.1 Å². The molecular weight excluding hydrogens is 383 g/mol. The second kappa shape index (κ2) is 7.38. The third-order valence-electron chi connectivity index (χ3n) is 3.28. The Morgan fingerprint density at radius 3 is 2.54 bits per heavy atom. The van der Waals surface area contributed by atoms with Crippen LogP contribution in [0, 0.1) is 11.3 Å². The number of nitrogens with zero attached hydrogens (tertiary/aromatic N) is 2. The fourth-order valence-corrected chi connectivity index (χ4v) is 3.36. The van der Waals surface area contributed by atoms with Gasteiger partial charge in [-0.15, -0.1) is 11.3 Å². The van der Waals surface area contributed by atoms with Gasteiger partial charge in [-0.25, -0.2) is 4.98 Å². The lowest BCUT2D eigenvalue weighted by atomic mass is 10.1. The molecule has 0 unspecified atom stereocenters. The first-order valence-electron chi connectivity index (χ1n) is 6.86. The van der Waals surface area contributed by atoms with Gasteiger partial charge in [0, 0.05) is 16.0 Å². The first-order chi connectivity index (χ1) is 11.6. The third-order valence-corrected chi connectivity index (χ3v) is 5.24. The van der Waals surface area contributed by atoms with Gasteiger partial charge in [0.05, 0.1) is 21.3 Å². The Kier molecular flexibility index (Phi) is 5.23. The number of nitriles is 1. The standard InChI is InChI=1S/C18H9Cl3N2S/c19-14-6-4-11(5-7-14)16-10-24-18(23-16)13(9-22)8-12-2-1-3-15(20)17(12)21/h1-8,10H. The van der Waals surface area contributed by atoms with Gasteiger partial charge in [-0.05, 0) is 29.8 Å². The smallest absolute Gasteiger partial charge is 0.134 e. The van der Waals surface area contributed by atoms with Crippen LogP contribution in [0.4, 0.5) is 0 Å². The molecule has 0 amide bonds. The molecule has 6 heteroatoms. The Morgan fingerprint density at radius 1 is 1.08 bits per heavy atom. The lowest BCUT2D eigenvalue weighted by molar-refractivity contribution is 1.37. The Bertz CT molecular complexity index is 953. The topological polar surface area (TPSA) is 36.7 Å². The van der Waals surface area contributed by atoms with Gasteiger partial charge in [0.25, 0.3) is 0 Å². The van der Waals surface area contributed by atoms with Gasteiger partial charge >= 0.3 is 0 Å². The number of thiazole rings is 1. The van der Waals surface area contributed by atoms with Crippen LogP contribution in [0.5, 0.6) is 0 Å². The summed E-state index contributed by atoms with van der Waals surface area (Å²) in [6.45, 7) is 0. The summed E-state index contributed by atoms with van der Waals surface area (Å²) in [6.07, 6.45) is 1.69. The lowest BCUT2D eigenvalue weighted by Gasteiger charge is -2.01. The molecule has 0 fully saturated rings. The maximum Gasteiger partial charge on any atom is 0.134 e. The van der Waals surface area contributed by atoms with Gasteiger partial charge in [0.15, 0.2) is 0 Å². The van der Waals surface area contributed by atoms with Crippen LogP contribution in [0.1, 0.15) is 10.6 Å². The zero-order chi connectivity index (χ0) is 17.1. The lowest BCUT2D eigenvalue weighted by Crippen LogP contribution is -1.84. The van der Waals surface area contributed by atoms with E-state index in [4.69, 9.17) is 34.8 Å². The molecule has 0 radical (unpaired) electrons. The molecule has 0 saturated carbocycles. The van der Waals surface area contributed by atoms with Crippen LogP contribution >= 0.6 is 46.1 Å². The van der Waals surface area contributed by atoms with Crippen LogP contribution < -0.4 is 0 Å². The van der Waals surface area contributed by atoms with E-state index in [1.165, 1.54) is 11.3 Å². The SMILES string of the molecule is N#CC(=Cc1cccc(Cl)c1Cl)c1nc(-c2ccc(Cl)cc2)cs1. The van der Waals surface area contributed by atoms with E-state index in [0.29, 0.717) is 31.2 Å². The Balaban J connectivity index is 1.98. The zero-order valence-corrected chi connectivity index (χ0v) is 15.2. The molecule has 0 N–H and O–H groups in total. The molecule has 0 saturated heterocycles. The molecule has 24 heavy (non-hydrogen) atoms. The number of allylic oxidation sites excluding steroid dienone is 1. The van der Waals surface area contributed by atoms with Crippen LogP contribution in [-0.4, -0.2) is 4.98 Å². The average molecular weight is 392 g/mol. The quantitative estimate of drug-likeness (QED) is 0.458. The number of benzene rings is 2. The molecular formula is C18H9Cl3N2S. The van der Waals surface area contributed by atoms with Crippen molar-refractivity contribution in [3.05, 3.63) is 73.5 Å². The van der Waals surface area contributed by atoms with Crippen molar-refractivity contribution in [1.82, 2.24) is 4.98 Å². The van der Waals surface area contributed by atoms with E-state index in [1.54, 1.807) is 24.3 Å². The molecule has 0 aliphatic carbocycles. The van der Waals surface area contributed by atoms with Gasteiger partial charge in [0.2, 0.25) is 0 Å². The molecule has 2 nitrogen and oxygen atoms in total. The number of aromatic nitrogens is 1. The first-order valence-corrected chi connectivity index (χ1v) is 8.87. The largest absolute Gasteiger partial charge is 0.235 e. The van der Waals surface area contributed by atoms with Gasteiger partial charge in [-0.3, -0.25) is 0 Å². The summed E-state index contributed by atoms with van der Waals surface area (Å²) in [6, 6.07) is 14.9. The average Bonchev–Trinajstić information content (AvgIpc) is 3.06. The number of halogens is 3. The normalized spacial score (nSPS) is 11.3. The highest BCUT2D eigenvalue weighted by Crippen LogP contribution is 2.31. The zero-order valence-electron chi connectivity index (χ0n) is 12.1. The number of hydrogen-bond acceptors (Lipinski definition) is 3. The van der Waals surface area contributed by atoms with Crippen molar-refractivity contribution in [2.45, 2.75) is 0 Å². The Morgan fingerprint density at radius 2 is 1.83 bits per heavy atom. The summed E-state index contributed by atoms with van der Waals surface area (Å²) in [4.78, 5) is 4.54. The molecule has 0 aliphatic rings. The molecule has 3 aromatic rings. The summed E-state index contributed by atoms with van der Waals surface area (Å²) < 4.78 is 0. The van der Waals surface area contributed by atoms with E-state index in [1.807, 2.05) is 29.6 Å². The van der Waals surface area contributed by atoms with Gasteiger partial charge < -0.3 is 0 Å². The molecule has 0 spiro atoms. The second-order valence-corrected chi connectivity index (χ2v) is 6.94. The summed E-state index contributed by atoms with van der Waals surface area (Å²) >= 11 is 19.5. The molecule has 1 heterocycles. The molecule has 2 aromatic carbocycles. The van der Waals surface area contributed by atoms with Crippen molar-refractivity contribution >= 4 is 57.8 Å². The van der Waals surface area contributed by atoms with E-state index in [2.05, 4.69) is 11.1 Å². The minimum absolute atomic E-state index is 0.418. The summed E-state index contributed by atoms with van der Waals surface area (Å²) in [5, 5.41) is 13.5. The molecule has 118 valence electrons. The first kappa shape index (κ1) is 17.0. The van der Waals surface area contributed by atoms with Crippen LogP contribution in [0.15, 0.2) is 47.8 Å². The fourth-order valence-electron chi connectivity index (χ4n) is 2.08. The monoisotopic (exact) mass is 390 g/mol. The van der Waals surface area contributed by atoms with Crippen molar-refractivity contribution in [3.8, 4) is 17.3 Å². The van der Waals surface area contributed by atoms with E-state index in [-0.39, 0.29) is 0 Å². The fraction of sp³-hybridized carbons (Fsp3) is 0. The second-order valence-electron chi connectivity index (χ2n) is 4.86. The summed E-state index contributed by atoms with van der Waals surface area (Å²) in [7, 11) is 0. The van der Waals surface area contributed by atoms with Crippen LogP contribution in [0.2, 0.25) is 15.1 Å². The maximum absolute atomic E-state index is 9.47. The minimum atomic E-state index is 0.418. The van der Waals surface area contributed by atoms with Gasteiger partial charge in [-0.2, -0.15) is 5.26 Å². The molecule has 0 bridgehead atoms. The Labute approximate surface area is 158 Å². The molecule has 0 aliphatic heterocycles. The highest BCUT2D eigenvalue weighted by atomic mass is 35.5. The van der Waals surface area contributed by atoms with E-state index >= 15 is 0 Å². The van der Waals surface area contributed by atoms with Crippen LogP contribution in [0.3, 0.4) is 0 Å². The molecule has 0 atom stereocenters. The van der Waals surface area contributed by atoms with E-state index < -0.39 is 0 Å². The van der Waals surface area contributed by atoms with Crippen LogP contribution in [0.25, 0.3) is 22.9 Å². The molecule has 1 aromatic heterocycles. The summed E-state index contributed by atoms with van der Waals surface area (Å²) in [5.74, 6) is 0. The van der Waals surface area contributed by atoms with E-state index in [9.17, 15) is 5.26 Å². The predicted octanol–water partition coefficient (Wildman–Crippen LogP) is 6.83. The van der Waals surface area contributed by atoms with Gasteiger partial charge in [-0.1, -0.05) is 59.1 Å². The van der Waals surface area contributed by atoms with Crippen molar-refractivity contribution < 1.29 is 0 Å². The number of hydrogen-bond donors (Lipinski definition) is 0. The van der Waals surface area contributed by atoms with Crippen LogP contribution in [-0.2, 0) is 0 Å². The van der Waals surface area contributed by atoms with Crippen molar-refractivity contribution in [3.63, 3.8) is 0 Å². The predicted molar refractivity (Wildman–Crippen MR) is 103 cm³/mol. The summed E-state index contributed by atoms with van der Waals surface area (Å²) in [5.41, 5.74) is 2.86. The van der Waals surface area contributed by atoms with Crippen molar-refractivity contribution in [2.24, 2.45) is 0 Å². The van der Waals surface area contributed by atoms with Crippen molar-refractivity contribution in [1.29, 1.82) is 5.26 Å². The third kappa shape index (κ3) is 3.63.